The van der Waals surface area contributed by atoms with Gasteiger partial charge in [0.05, 0.1) is 0 Å². The van der Waals surface area contributed by atoms with Crippen molar-refractivity contribution in [2.75, 3.05) is 19.7 Å². The van der Waals surface area contributed by atoms with Gasteiger partial charge in [0.2, 0.25) is 0 Å². The zero-order valence-electron chi connectivity index (χ0n) is 11.4. The van der Waals surface area contributed by atoms with Crippen molar-refractivity contribution < 1.29 is 5.11 Å². The van der Waals surface area contributed by atoms with Gasteiger partial charge in [0, 0.05) is 11.6 Å². The van der Waals surface area contributed by atoms with E-state index < -0.39 is 0 Å². The predicted octanol–water partition coefficient (Wildman–Crippen LogP) is 3.27. The van der Waals surface area contributed by atoms with Crippen LogP contribution in [0.5, 0.6) is 0 Å². The van der Waals surface area contributed by atoms with Gasteiger partial charge in [0.1, 0.15) is 0 Å². The monoisotopic (exact) mass is 281 g/mol. The highest BCUT2D eigenvalue weighted by atomic mass is 35.5. The molecule has 1 aliphatic rings. The van der Waals surface area contributed by atoms with Crippen LogP contribution >= 0.6 is 11.6 Å². The maximum atomic E-state index is 9.38. The van der Waals surface area contributed by atoms with Crippen LogP contribution in [0.4, 0.5) is 0 Å². The molecule has 0 heterocycles. The van der Waals surface area contributed by atoms with E-state index in [1.54, 1.807) is 0 Å². The number of aliphatic hydroxyl groups excluding tert-OH is 1. The molecule has 2 rings (SSSR count). The summed E-state index contributed by atoms with van der Waals surface area (Å²) in [6, 6.07) is 8.06. The lowest BCUT2D eigenvalue weighted by Crippen LogP contribution is -2.33. The fourth-order valence-electron chi connectivity index (χ4n) is 2.96. The predicted molar refractivity (Wildman–Crippen MR) is 80.6 cm³/mol. The van der Waals surface area contributed by atoms with Crippen LogP contribution in [0.3, 0.4) is 0 Å². The van der Waals surface area contributed by atoms with Gasteiger partial charge in [-0.1, -0.05) is 36.6 Å². The number of hydrogen-bond acceptors (Lipinski definition) is 2. The molecule has 0 aromatic heterocycles. The normalized spacial score (nSPS) is 23.5. The van der Waals surface area contributed by atoms with Crippen LogP contribution in [0.2, 0.25) is 5.02 Å². The van der Waals surface area contributed by atoms with Crippen LogP contribution in [-0.2, 0) is 6.42 Å². The summed E-state index contributed by atoms with van der Waals surface area (Å²) in [5.41, 5.74) is 1.32. The van der Waals surface area contributed by atoms with E-state index in [1.807, 2.05) is 12.1 Å². The summed E-state index contributed by atoms with van der Waals surface area (Å²) in [5, 5.41) is 13.7. The highest BCUT2D eigenvalue weighted by Crippen LogP contribution is 2.28. The highest BCUT2D eigenvalue weighted by molar-refractivity contribution is 6.30. The third-order valence-corrected chi connectivity index (χ3v) is 4.46. The first-order valence-corrected chi connectivity index (χ1v) is 7.73. The van der Waals surface area contributed by atoms with Gasteiger partial charge < -0.3 is 10.4 Å². The van der Waals surface area contributed by atoms with Gasteiger partial charge in [-0.3, -0.25) is 0 Å². The molecule has 1 fully saturated rings. The minimum absolute atomic E-state index is 0.351. The Balaban J connectivity index is 1.67. The molecule has 1 saturated carbocycles. The van der Waals surface area contributed by atoms with Crippen LogP contribution in [-0.4, -0.2) is 24.8 Å². The summed E-state index contributed by atoms with van der Waals surface area (Å²) < 4.78 is 0. The lowest BCUT2D eigenvalue weighted by atomic mass is 9.79. The molecule has 1 aromatic rings. The van der Waals surface area contributed by atoms with Gasteiger partial charge in [-0.2, -0.15) is 0 Å². The Hall–Kier alpha value is -0.570. The Morgan fingerprint density at radius 1 is 1.11 bits per heavy atom. The first-order chi connectivity index (χ1) is 9.29. The lowest BCUT2D eigenvalue weighted by Gasteiger charge is -2.30. The molecule has 0 bridgehead atoms. The quantitative estimate of drug-likeness (QED) is 0.785. The van der Waals surface area contributed by atoms with Crippen LogP contribution in [0.15, 0.2) is 24.3 Å². The zero-order valence-corrected chi connectivity index (χ0v) is 12.2. The van der Waals surface area contributed by atoms with E-state index in [9.17, 15) is 5.11 Å². The maximum absolute atomic E-state index is 9.38. The molecule has 1 aromatic carbocycles. The van der Waals surface area contributed by atoms with Crippen molar-refractivity contribution in [3.05, 3.63) is 34.9 Å². The standard InChI is InChI=1S/C16H24ClNO/c17-16-7-5-13(6-8-16)9-10-18-11-14-3-1-2-4-15(14)12-19/h5-8,14-15,18-19H,1-4,9-12H2. The van der Waals surface area contributed by atoms with Gasteiger partial charge in [-0.25, -0.2) is 0 Å². The van der Waals surface area contributed by atoms with E-state index in [2.05, 4.69) is 17.4 Å². The summed E-state index contributed by atoms with van der Waals surface area (Å²) in [4.78, 5) is 0. The minimum atomic E-state index is 0.351. The number of aliphatic hydroxyl groups is 1. The Kier molecular flexibility index (Phi) is 6.15. The molecule has 0 aliphatic heterocycles. The molecule has 3 heteroatoms. The smallest absolute Gasteiger partial charge is 0.0462 e. The third-order valence-electron chi connectivity index (χ3n) is 4.21. The average Bonchev–Trinajstić information content (AvgIpc) is 2.46. The minimum Gasteiger partial charge on any atom is -0.396 e. The van der Waals surface area contributed by atoms with E-state index >= 15 is 0 Å². The van der Waals surface area contributed by atoms with Gasteiger partial charge in [0.25, 0.3) is 0 Å². The van der Waals surface area contributed by atoms with E-state index in [4.69, 9.17) is 11.6 Å². The van der Waals surface area contributed by atoms with Crippen molar-refractivity contribution in [1.82, 2.24) is 5.32 Å². The largest absolute Gasteiger partial charge is 0.396 e. The summed E-state index contributed by atoms with van der Waals surface area (Å²) in [5.74, 6) is 1.17. The molecular formula is C16H24ClNO. The molecular weight excluding hydrogens is 258 g/mol. The van der Waals surface area contributed by atoms with E-state index in [0.717, 1.165) is 24.5 Å². The summed E-state index contributed by atoms with van der Waals surface area (Å²) in [7, 11) is 0. The van der Waals surface area contributed by atoms with E-state index in [1.165, 1.54) is 31.2 Å². The fraction of sp³-hybridized carbons (Fsp3) is 0.625. The molecule has 1 aliphatic carbocycles. The number of benzene rings is 1. The topological polar surface area (TPSA) is 32.3 Å². The molecule has 2 N–H and O–H groups in total. The van der Waals surface area contributed by atoms with Crippen molar-refractivity contribution in [2.24, 2.45) is 11.8 Å². The molecule has 0 saturated heterocycles. The van der Waals surface area contributed by atoms with Gasteiger partial charge in [-0.15, -0.1) is 0 Å². The van der Waals surface area contributed by atoms with Crippen LogP contribution in [0, 0.1) is 11.8 Å². The Morgan fingerprint density at radius 3 is 2.47 bits per heavy atom. The van der Waals surface area contributed by atoms with Crippen molar-refractivity contribution >= 4 is 11.6 Å². The van der Waals surface area contributed by atoms with Gasteiger partial charge in [0.15, 0.2) is 0 Å². The van der Waals surface area contributed by atoms with Crippen molar-refractivity contribution in [2.45, 2.75) is 32.1 Å². The number of halogens is 1. The summed E-state index contributed by atoms with van der Waals surface area (Å²) >= 11 is 5.87. The number of rotatable bonds is 6. The first kappa shape index (κ1) is 14.8. The van der Waals surface area contributed by atoms with Crippen molar-refractivity contribution in [3.63, 3.8) is 0 Å². The first-order valence-electron chi connectivity index (χ1n) is 7.35. The molecule has 0 radical (unpaired) electrons. The van der Waals surface area contributed by atoms with Gasteiger partial charge >= 0.3 is 0 Å². The Bertz CT molecular complexity index is 366. The fourth-order valence-corrected chi connectivity index (χ4v) is 3.09. The highest BCUT2D eigenvalue weighted by Gasteiger charge is 2.23. The summed E-state index contributed by atoms with van der Waals surface area (Å²) in [6.45, 7) is 2.39. The molecule has 106 valence electrons. The van der Waals surface area contributed by atoms with Crippen molar-refractivity contribution in [3.8, 4) is 0 Å². The number of nitrogens with one attached hydrogen (secondary N) is 1. The zero-order chi connectivity index (χ0) is 13.5. The molecule has 0 amide bonds. The second-order valence-electron chi connectivity index (χ2n) is 5.57. The molecule has 2 atom stereocenters. The Labute approximate surface area is 121 Å². The SMILES string of the molecule is OCC1CCCCC1CNCCc1ccc(Cl)cc1. The molecule has 0 spiro atoms. The summed E-state index contributed by atoms with van der Waals surface area (Å²) in [6.07, 6.45) is 6.10. The van der Waals surface area contributed by atoms with Crippen molar-refractivity contribution in [1.29, 1.82) is 0 Å². The van der Waals surface area contributed by atoms with E-state index in [0.29, 0.717) is 18.4 Å². The number of hydrogen-bond donors (Lipinski definition) is 2. The van der Waals surface area contributed by atoms with Crippen LogP contribution in [0.25, 0.3) is 0 Å². The van der Waals surface area contributed by atoms with Crippen LogP contribution < -0.4 is 5.32 Å². The Morgan fingerprint density at radius 2 is 1.79 bits per heavy atom. The second kappa shape index (κ2) is 7.88. The molecule has 19 heavy (non-hydrogen) atoms. The lowest BCUT2D eigenvalue weighted by molar-refractivity contribution is 0.133. The van der Waals surface area contributed by atoms with E-state index in [-0.39, 0.29) is 0 Å². The molecule has 2 unspecified atom stereocenters. The second-order valence-corrected chi connectivity index (χ2v) is 6.00. The molecule has 2 nitrogen and oxygen atoms in total. The third kappa shape index (κ3) is 4.79. The average molecular weight is 282 g/mol. The van der Waals surface area contributed by atoms with Crippen LogP contribution in [0.1, 0.15) is 31.2 Å². The van der Waals surface area contributed by atoms with Gasteiger partial charge in [-0.05, 0) is 61.9 Å². The maximum Gasteiger partial charge on any atom is 0.0462 e.